The molecule has 1 heterocycles. The molecule has 0 aromatic heterocycles. The predicted molar refractivity (Wildman–Crippen MR) is 81.0 cm³/mol. The summed E-state index contributed by atoms with van der Waals surface area (Å²) < 4.78 is 10.7. The number of carbonyl (C=O) groups excluding carboxylic acids is 1. The van der Waals surface area contributed by atoms with E-state index < -0.39 is 0 Å². The molecule has 1 aliphatic heterocycles. The average molecular weight is 310 g/mol. The standard InChI is InChI=1S/C16H20ClNO3/c1-20-15-5-2-12(17)8-14(15)16(19)18(13-3-4-13)9-11-6-7-21-10-11/h2,5,8,11,13H,3-4,6-7,9-10H2,1H3. The molecule has 5 heteroatoms. The highest BCUT2D eigenvalue weighted by Crippen LogP contribution is 2.32. The van der Waals surface area contributed by atoms with Gasteiger partial charge < -0.3 is 14.4 Å². The molecule has 1 amide bonds. The highest BCUT2D eigenvalue weighted by molar-refractivity contribution is 6.31. The molecule has 1 aromatic rings. The van der Waals surface area contributed by atoms with Crippen molar-refractivity contribution < 1.29 is 14.3 Å². The van der Waals surface area contributed by atoms with Crippen LogP contribution < -0.4 is 4.74 Å². The number of benzene rings is 1. The molecular weight excluding hydrogens is 290 g/mol. The van der Waals surface area contributed by atoms with Gasteiger partial charge in [-0.2, -0.15) is 0 Å². The van der Waals surface area contributed by atoms with Crippen LogP contribution in [-0.2, 0) is 4.74 Å². The first-order valence-corrected chi connectivity index (χ1v) is 7.79. The van der Waals surface area contributed by atoms with Gasteiger partial charge in [0, 0.05) is 30.1 Å². The van der Waals surface area contributed by atoms with Gasteiger partial charge in [0.25, 0.3) is 5.91 Å². The van der Waals surface area contributed by atoms with E-state index in [1.165, 1.54) is 0 Å². The summed E-state index contributed by atoms with van der Waals surface area (Å²) in [6.45, 7) is 2.32. The normalized spacial score (nSPS) is 21.3. The third-order valence-electron chi connectivity index (χ3n) is 4.12. The highest BCUT2D eigenvalue weighted by atomic mass is 35.5. The third-order valence-corrected chi connectivity index (χ3v) is 4.35. The fourth-order valence-electron chi connectivity index (χ4n) is 2.79. The van der Waals surface area contributed by atoms with Gasteiger partial charge in [-0.1, -0.05) is 11.6 Å². The molecule has 1 saturated carbocycles. The number of rotatable bonds is 5. The number of hydrogen-bond donors (Lipinski definition) is 0. The Kier molecular flexibility index (Phi) is 4.36. The second kappa shape index (κ2) is 6.24. The van der Waals surface area contributed by atoms with Gasteiger partial charge in [0.2, 0.25) is 0 Å². The molecule has 1 saturated heterocycles. The molecule has 0 bridgehead atoms. The lowest BCUT2D eigenvalue weighted by Gasteiger charge is -2.26. The fourth-order valence-corrected chi connectivity index (χ4v) is 2.96. The molecule has 1 aliphatic carbocycles. The zero-order valence-corrected chi connectivity index (χ0v) is 12.9. The van der Waals surface area contributed by atoms with Crippen LogP contribution in [0.3, 0.4) is 0 Å². The Morgan fingerprint density at radius 2 is 2.24 bits per heavy atom. The first-order chi connectivity index (χ1) is 10.2. The Balaban J connectivity index is 1.81. The van der Waals surface area contributed by atoms with Crippen molar-refractivity contribution in [1.82, 2.24) is 4.90 Å². The van der Waals surface area contributed by atoms with Crippen molar-refractivity contribution in [1.29, 1.82) is 0 Å². The zero-order valence-electron chi connectivity index (χ0n) is 12.2. The summed E-state index contributed by atoms with van der Waals surface area (Å²) in [6, 6.07) is 5.55. The Morgan fingerprint density at radius 3 is 2.86 bits per heavy atom. The average Bonchev–Trinajstić information content (AvgIpc) is 3.20. The van der Waals surface area contributed by atoms with Crippen LogP contribution in [0.1, 0.15) is 29.6 Å². The predicted octanol–water partition coefficient (Wildman–Crippen LogP) is 2.99. The van der Waals surface area contributed by atoms with E-state index in [0.717, 1.165) is 39.0 Å². The van der Waals surface area contributed by atoms with Crippen LogP contribution in [0.25, 0.3) is 0 Å². The lowest BCUT2D eigenvalue weighted by Crippen LogP contribution is -2.37. The lowest BCUT2D eigenvalue weighted by atomic mass is 10.1. The molecule has 2 fully saturated rings. The zero-order chi connectivity index (χ0) is 14.8. The molecule has 4 nitrogen and oxygen atoms in total. The van der Waals surface area contributed by atoms with Crippen molar-refractivity contribution in [3.05, 3.63) is 28.8 Å². The Labute approximate surface area is 130 Å². The van der Waals surface area contributed by atoms with Crippen LogP contribution >= 0.6 is 11.6 Å². The molecule has 0 radical (unpaired) electrons. The van der Waals surface area contributed by atoms with Gasteiger partial charge >= 0.3 is 0 Å². The summed E-state index contributed by atoms with van der Waals surface area (Å²) in [4.78, 5) is 14.9. The third kappa shape index (κ3) is 3.33. The molecule has 3 rings (SSSR count). The van der Waals surface area contributed by atoms with Gasteiger partial charge in [0.1, 0.15) is 5.75 Å². The van der Waals surface area contributed by atoms with Gasteiger partial charge in [-0.05, 0) is 37.5 Å². The minimum Gasteiger partial charge on any atom is -0.496 e. The number of nitrogens with zero attached hydrogens (tertiary/aromatic N) is 1. The second-order valence-electron chi connectivity index (χ2n) is 5.76. The Morgan fingerprint density at radius 1 is 1.43 bits per heavy atom. The maximum absolute atomic E-state index is 12.9. The molecular formula is C16H20ClNO3. The van der Waals surface area contributed by atoms with Crippen LogP contribution in [0, 0.1) is 5.92 Å². The summed E-state index contributed by atoms with van der Waals surface area (Å²) >= 11 is 6.04. The van der Waals surface area contributed by atoms with E-state index >= 15 is 0 Å². The molecule has 1 aromatic carbocycles. The number of halogens is 1. The second-order valence-corrected chi connectivity index (χ2v) is 6.20. The fraction of sp³-hybridized carbons (Fsp3) is 0.562. The summed E-state index contributed by atoms with van der Waals surface area (Å²) in [6.07, 6.45) is 3.20. The molecule has 114 valence electrons. The van der Waals surface area contributed by atoms with Crippen LogP contribution in [0.15, 0.2) is 18.2 Å². The number of hydrogen-bond acceptors (Lipinski definition) is 3. The van der Waals surface area contributed by atoms with Crippen molar-refractivity contribution in [2.75, 3.05) is 26.9 Å². The highest BCUT2D eigenvalue weighted by Gasteiger charge is 2.36. The molecule has 1 unspecified atom stereocenters. The van der Waals surface area contributed by atoms with Crippen LogP contribution in [0.2, 0.25) is 5.02 Å². The van der Waals surface area contributed by atoms with Gasteiger partial charge in [0.15, 0.2) is 0 Å². The van der Waals surface area contributed by atoms with Crippen molar-refractivity contribution in [2.45, 2.75) is 25.3 Å². The van der Waals surface area contributed by atoms with E-state index in [2.05, 4.69) is 0 Å². The van der Waals surface area contributed by atoms with Gasteiger partial charge in [-0.15, -0.1) is 0 Å². The van der Waals surface area contributed by atoms with Crippen molar-refractivity contribution in [2.24, 2.45) is 5.92 Å². The monoisotopic (exact) mass is 309 g/mol. The smallest absolute Gasteiger partial charge is 0.257 e. The minimum atomic E-state index is 0.0174. The van der Waals surface area contributed by atoms with E-state index in [0.29, 0.717) is 28.3 Å². The quantitative estimate of drug-likeness (QED) is 0.839. The van der Waals surface area contributed by atoms with Gasteiger partial charge in [0.05, 0.1) is 19.3 Å². The van der Waals surface area contributed by atoms with E-state index in [1.54, 1.807) is 25.3 Å². The molecule has 0 N–H and O–H groups in total. The van der Waals surface area contributed by atoms with Crippen LogP contribution in [0.4, 0.5) is 0 Å². The summed E-state index contributed by atoms with van der Waals surface area (Å²) in [5, 5.41) is 0.555. The molecule has 0 spiro atoms. The van der Waals surface area contributed by atoms with Crippen LogP contribution in [-0.4, -0.2) is 43.7 Å². The van der Waals surface area contributed by atoms with E-state index in [4.69, 9.17) is 21.1 Å². The van der Waals surface area contributed by atoms with Gasteiger partial charge in [-0.25, -0.2) is 0 Å². The molecule has 2 aliphatic rings. The van der Waals surface area contributed by atoms with Crippen molar-refractivity contribution >= 4 is 17.5 Å². The van der Waals surface area contributed by atoms with E-state index in [9.17, 15) is 4.79 Å². The largest absolute Gasteiger partial charge is 0.496 e. The van der Waals surface area contributed by atoms with Crippen molar-refractivity contribution in [3.63, 3.8) is 0 Å². The van der Waals surface area contributed by atoms with Gasteiger partial charge in [-0.3, -0.25) is 4.79 Å². The first kappa shape index (κ1) is 14.7. The molecule has 21 heavy (non-hydrogen) atoms. The summed E-state index contributed by atoms with van der Waals surface area (Å²) in [7, 11) is 1.58. The summed E-state index contributed by atoms with van der Waals surface area (Å²) in [5.74, 6) is 1.04. The minimum absolute atomic E-state index is 0.0174. The number of carbonyl (C=O) groups is 1. The number of ether oxygens (including phenoxy) is 2. The number of amides is 1. The maximum atomic E-state index is 12.9. The van der Waals surface area contributed by atoms with Crippen molar-refractivity contribution in [3.8, 4) is 5.75 Å². The Bertz CT molecular complexity index is 524. The Hall–Kier alpha value is -1.26. The SMILES string of the molecule is COc1ccc(Cl)cc1C(=O)N(CC1CCOC1)C1CC1. The molecule has 1 atom stereocenters. The summed E-state index contributed by atoms with van der Waals surface area (Å²) in [5.41, 5.74) is 0.552. The number of methoxy groups -OCH3 is 1. The van der Waals surface area contributed by atoms with E-state index in [1.807, 2.05) is 4.90 Å². The van der Waals surface area contributed by atoms with Crippen LogP contribution in [0.5, 0.6) is 5.75 Å². The van der Waals surface area contributed by atoms with E-state index in [-0.39, 0.29) is 5.91 Å². The maximum Gasteiger partial charge on any atom is 0.257 e. The topological polar surface area (TPSA) is 38.8 Å². The first-order valence-electron chi connectivity index (χ1n) is 7.41. The lowest BCUT2D eigenvalue weighted by molar-refractivity contribution is 0.0703.